The number of ether oxygens (including phenoxy) is 2. The monoisotopic (exact) mass is 287 g/mol. The Bertz CT molecular complexity index is 544. The molecule has 0 aliphatic rings. The molecule has 0 aromatic heterocycles. The number of fused-ring (bicyclic) bond motifs is 1. The van der Waals surface area contributed by atoms with Crippen LogP contribution in [-0.4, -0.2) is 32.6 Å². The molecule has 0 aliphatic heterocycles. The first-order chi connectivity index (χ1) is 10.3. The predicted molar refractivity (Wildman–Crippen MR) is 87.5 cm³/mol. The topological polar surface area (TPSA) is 30.5 Å². The molecule has 0 saturated heterocycles. The average Bonchev–Trinajstić information content (AvgIpc) is 2.52. The Balaban J connectivity index is 2.23. The number of nitrogens with one attached hydrogen (secondary N) is 1. The zero-order chi connectivity index (χ0) is 15.1. The molecular formula is C18H25NO2. The van der Waals surface area contributed by atoms with Gasteiger partial charge in [0.25, 0.3) is 0 Å². The molecule has 0 spiro atoms. The summed E-state index contributed by atoms with van der Waals surface area (Å²) < 4.78 is 11.5. The third kappa shape index (κ3) is 4.03. The van der Waals surface area contributed by atoms with Gasteiger partial charge >= 0.3 is 0 Å². The average molecular weight is 287 g/mol. The lowest BCUT2D eigenvalue weighted by Crippen LogP contribution is -2.43. The summed E-state index contributed by atoms with van der Waals surface area (Å²) in [5.74, 6) is 0. The van der Waals surface area contributed by atoms with Crippen molar-refractivity contribution in [1.82, 2.24) is 5.32 Å². The third-order valence-corrected chi connectivity index (χ3v) is 3.68. The molecule has 0 amide bonds. The quantitative estimate of drug-likeness (QED) is 0.755. The maximum atomic E-state index is 5.73. The Kier molecular flexibility index (Phi) is 6.18. The van der Waals surface area contributed by atoms with E-state index in [0.717, 1.165) is 6.42 Å². The molecule has 0 aliphatic carbocycles. The lowest BCUT2D eigenvalue weighted by Gasteiger charge is -2.27. The van der Waals surface area contributed by atoms with Gasteiger partial charge in [0.2, 0.25) is 0 Å². The number of rotatable bonds is 8. The smallest absolute Gasteiger partial charge is 0.172 e. The molecule has 2 aromatic rings. The van der Waals surface area contributed by atoms with E-state index in [0.29, 0.717) is 13.2 Å². The summed E-state index contributed by atoms with van der Waals surface area (Å²) in [6.45, 7) is 5.30. The Morgan fingerprint density at radius 1 is 0.952 bits per heavy atom. The fourth-order valence-electron chi connectivity index (χ4n) is 2.65. The highest BCUT2D eigenvalue weighted by Crippen LogP contribution is 2.21. The maximum Gasteiger partial charge on any atom is 0.172 e. The van der Waals surface area contributed by atoms with E-state index in [-0.39, 0.29) is 12.3 Å². The minimum Gasteiger partial charge on any atom is -0.351 e. The Morgan fingerprint density at radius 3 is 2.29 bits per heavy atom. The van der Waals surface area contributed by atoms with Crippen LogP contribution in [0.2, 0.25) is 0 Å². The molecular weight excluding hydrogens is 262 g/mol. The fourth-order valence-corrected chi connectivity index (χ4v) is 2.65. The van der Waals surface area contributed by atoms with E-state index in [1.807, 2.05) is 20.9 Å². The summed E-state index contributed by atoms with van der Waals surface area (Å²) in [5.41, 5.74) is 1.32. The van der Waals surface area contributed by atoms with Crippen molar-refractivity contribution in [3.05, 3.63) is 48.0 Å². The van der Waals surface area contributed by atoms with Gasteiger partial charge in [0, 0.05) is 13.2 Å². The van der Waals surface area contributed by atoms with Crippen LogP contribution in [0.1, 0.15) is 19.4 Å². The lowest BCUT2D eigenvalue weighted by molar-refractivity contribution is -0.152. The van der Waals surface area contributed by atoms with Crippen LogP contribution in [0.5, 0.6) is 0 Å². The molecule has 0 heterocycles. The highest BCUT2D eigenvalue weighted by molar-refractivity contribution is 5.85. The summed E-state index contributed by atoms with van der Waals surface area (Å²) in [4.78, 5) is 0. The van der Waals surface area contributed by atoms with E-state index in [9.17, 15) is 0 Å². The van der Waals surface area contributed by atoms with Gasteiger partial charge in [-0.15, -0.1) is 0 Å². The van der Waals surface area contributed by atoms with Crippen LogP contribution in [0.3, 0.4) is 0 Å². The van der Waals surface area contributed by atoms with Gasteiger partial charge < -0.3 is 14.8 Å². The molecule has 3 heteroatoms. The first-order valence-corrected chi connectivity index (χ1v) is 7.67. The van der Waals surface area contributed by atoms with Crippen molar-refractivity contribution in [2.24, 2.45) is 0 Å². The standard InChI is InChI=1S/C18H25NO2/c1-4-20-18(21-5-2)17(19-3)13-15-11-8-10-14-9-6-7-12-16(14)15/h6-12,17-19H,4-5,13H2,1-3H3. The van der Waals surface area contributed by atoms with Crippen LogP contribution < -0.4 is 5.32 Å². The minimum atomic E-state index is -0.219. The van der Waals surface area contributed by atoms with E-state index in [2.05, 4.69) is 47.8 Å². The van der Waals surface area contributed by atoms with Crippen LogP contribution in [-0.2, 0) is 15.9 Å². The third-order valence-electron chi connectivity index (χ3n) is 3.68. The first kappa shape index (κ1) is 16.0. The number of hydrogen-bond acceptors (Lipinski definition) is 3. The summed E-state index contributed by atoms with van der Waals surface area (Å²) >= 11 is 0. The highest BCUT2D eigenvalue weighted by Gasteiger charge is 2.21. The molecule has 3 nitrogen and oxygen atoms in total. The molecule has 21 heavy (non-hydrogen) atoms. The second-order valence-corrected chi connectivity index (χ2v) is 5.02. The largest absolute Gasteiger partial charge is 0.351 e. The Hall–Kier alpha value is -1.42. The van der Waals surface area contributed by atoms with Gasteiger partial charge in [-0.1, -0.05) is 42.5 Å². The van der Waals surface area contributed by atoms with E-state index < -0.39 is 0 Å². The summed E-state index contributed by atoms with van der Waals surface area (Å²) in [7, 11) is 1.96. The molecule has 0 bridgehead atoms. The minimum absolute atomic E-state index is 0.135. The second kappa shape index (κ2) is 8.13. The van der Waals surface area contributed by atoms with Crippen LogP contribution in [0, 0.1) is 0 Å². The first-order valence-electron chi connectivity index (χ1n) is 7.67. The lowest BCUT2D eigenvalue weighted by atomic mass is 9.98. The molecule has 2 rings (SSSR count). The highest BCUT2D eigenvalue weighted by atomic mass is 16.7. The summed E-state index contributed by atoms with van der Waals surface area (Å²) in [5, 5.41) is 5.91. The van der Waals surface area contributed by atoms with Gasteiger partial charge in [-0.3, -0.25) is 0 Å². The van der Waals surface area contributed by atoms with E-state index in [1.54, 1.807) is 0 Å². The zero-order valence-corrected chi connectivity index (χ0v) is 13.1. The van der Waals surface area contributed by atoms with Crippen molar-refractivity contribution >= 4 is 10.8 Å². The van der Waals surface area contributed by atoms with Crippen molar-refractivity contribution in [3.63, 3.8) is 0 Å². The predicted octanol–water partition coefficient (Wildman–Crippen LogP) is 3.37. The summed E-state index contributed by atoms with van der Waals surface area (Å²) in [6, 6.07) is 15.1. The fraction of sp³-hybridized carbons (Fsp3) is 0.444. The van der Waals surface area contributed by atoms with Crippen molar-refractivity contribution in [3.8, 4) is 0 Å². The number of hydrogen-bond donors (Lipinski definition) is 1. The molecule has 114 valence electrons. The van der Waals surface area contributed by atoms with Crippen LogP contribution in [0.15, 0.2) is 42.5 Å². The molecule has 0 radical (unpaired) electrons. The van der Waals surface area contributed by atoms with Crippen molar-refractivity contribution in [2.75, 3.05) is 20.3 Å². The molecule has 0 saturated carbocycles. The molecule has 0 fully saturated rings. The van der Waals surface area contributed by atoms with Crippen molar-refractivity contribution in [2.45, 2.75) is 32.6 Å². The van der Waals surface area contributed by atoms with E-state index in [1.165, 1.54) is 16.3 Å². The molecule has 1 unspecified atom stereocenters. The van der Waals surface area contributed by atoms with Gasteiger partial charge in [0.1, 0.15) is 0 Å². The summed E-state index contributed by atoms with van der Waals surface area (Å²) in [6.07, 6.45) is 0.659. The number of likely N-dealkylation sites (N-methyl/N-ethyl adjacent to an activating group) is 1. The molecule has 2 aromatic carbocycles. The van der Waals surface area contributed by atoms with Gasteiger partial charge in [-0.05, 0) is 43.7 Å². The molecule has 1 atom stereocenters. The van der Waals surface area contributed by atoms with Gasteiger partial charge in [0.05, 0.1) is 6.04 Å². The van der Waals surface area contributed by atoms with E-state index in [4.69, 9.17) is 9.47 Å². The second-order valence-electron chi connectivity index (χ2n) is 5.02. The zero-order valence-electron chi connectivity index (χ0n) is 13.1. The normalized spacial score (nSPS) is 13.0. The van der Waals surface area contributed by atoms with Crippen LogP contribution in [0.25, 0.3) is 10.8 Å². The Labute approximate surface area is 127 Å². The van der Waals surface area contributed by atoms with Gasteiger partial charge in [-0.25, -0.2) is 0 Å². The maximum absolute atomic E-state index is 5.73. The van der Waals surface area contributed by atoms with Crippen LogP contribution >= 0.6 is 0 Å². The Morgan fingerprint density at radius 2 is 1.62 bits per heavy atom. The van der Waals surface area contributed by atoms with Gasteiger partial charge in [0.15, 0.2) is 6.29 Å². The number of benzene rings is 2. The van der Waals surface area contributed by atoms with Crippen LogP contribution in [0.4, 0.5) is 0 Å². The SMILES string of the molecule is CCOC(OCC)C(Cc1cccc2ccccc12)NC. The van der Waals surface area contributed by atoms with Crippen molar-refractivity contribution in [1.29, 1.82) is 0 Å². The van der Waals surface area contributed by atoms with Gasteiger partial charge in [-0.2, -0.15) is 0 Å². The molecule has 1 N–H and O–H groups in total. The van der Waals surface area contributed by atoms with Crippen molar-refractivity contribution < 1.29 is 9.47 Å². The van der Waals surface area contributed by atoms with E-state index >= 15 is 0 Å².